The Morgan fingerprint density at radius 3 is 1.55 bits per heavy atom. The van der Waals surface area contributed by atoms with E-state index in [0.717, 1.165) is 0 Å². The maximum Gasteiger partial charge on any atom is 0.229 e. The molecule has 32 nitrogen and oxygen atoms in total. The smallest absolute Gasteiger partial charge is 0.229 e. The molecule has 73 heavy (non-hydrogen) atoms. The van der Waals surface area contributed by atoms with Crippen LogP contribution in [0.1, 0.15) is 44.9 Å². The van der Waals surface area contributed by atoms with E-state index in [2.05, 4.69) is 0 Å². The molecule has 0 aromatic heterocycles. The predicted molar refractivity (Wildman–Crippen MR) is 234 cm³/mol. The maximum atomic E-state index is 11.5. The van der Waals surface area contributed by atoms with Gasteiger partial charge in [0.15, 0.2) is 36.7 Å². The minimum Gasteiger partial charge on any atom is -0.506 e. The van der Waals surface area contributed by atoms with Gasteiger partial charge >= 0.3 is 0 Å². The first-order chi connectivity index (χ1) is 34.5. The summed E-state index contributed by atoms with van der Waals surface area (Å²) in [5, 5.41) is 243. The van der Waals surface area contributed by atoms with Gasteiger partial charge in [-0.05, 0) is 45.1 Å². The van der Waals surface area contributed by atoms with Gasteiger partial charge in [0.05, 0.1) is 31.5 Å². The highest BCUT2D eigenvalue weighted by Crippen LogP contribution is 2.32. The monoisotopic (exact) mass is 1080 g/mol. The molecule has 0 saturated carbocycles. The molecular formula is C41H79NO31. The van der Waals surface area contributed by atoms with E-state index in [0.29, 0.717) is 25.8 Å². The average molecular weight is 1080 g/mol. The van der Waals surface area contributed by atoms with E-state index in [1.165, 1.54) is 0 Å². The Morgan fingerprint density at radius 2 is 1.01 bits per heavy atom. The molecule has 0 aliphatic carbocycles. The number of aliphatic hydroxyl groups is 23. The lowest BCUT2D eigenvalue weighted by Gasteiger charge is -2.45. The molecule has 2 aliphatic heterocycles. The van der Waals surface area contributed by atoms with Gasteiger partial charge in [0, 0.05) is 39.5 Å². The highest BCUT2D eigenvalue weighted by molar-refractivity contribution is 5.09. The second-order valence-corrected chi connectivity index (χ2v) is 17.2. The first-order valence-corrected chi connectivity index (χ1v) is 23.4. The van der Waals surface area contributed by atoms with Crippen molar-refractivity contribution in [3.8, 4) is 0 Å². The molecule has 434 valence electrons. The Labute approximate surface area is 417 Å². The molecule has 0 aromatic rings. The standard InChI is InChI=1S/C41H79NO31/c42-8-2-1-3-13-66-37(63)32(22(53)16(49)4-9-43)73-41-35(28(59)26(57)21(15-48)68-41)71-36(62)30(61)31(19(52)7-12-46)69-38(64)33(23(54)17(50)5-10-44)70-39(65)34(24(55)18(51)6-11-45)72-40-29(60)27(58)25(56)20(14-47)67-40/h16-23,25-33,35-41,43-65H,1-15,42H2/b34-24-/t16-,17-,18-,19-,20?,21?,22?,23+,25-,26-,27?,28?,29?,30?,31?,32?,33?,35?,36+,37-,38-,39-,40+,41-/m1/s1. The predicted octanol–water partition coefficient (Wildman–Crippen LogP) is -12.0. The number of hydrogen-bond acceptors (Lipinski definition) is 32. The van der Waals surface area contributed by atoms with Crippen LogP contribution in [-0.2, 0) is 37.9 Å². The van der Waals surface area contributed by atoms with Crippen molar-refractivity contribution < 1.29 is 155 Å². The van der Waals surface area contributed by atoms with Crippen molar-refractivity contribution in [2.24, 2.45) is 5.73 Å². The zero-order chi connectivity index (χ0) is 55.3. The number of ether oxygens (including phenoxy) is 8. The molecule has 2 aliphatic rings. The highest BCUT2D eigenvalue weighted by Gasteiger charge is 2.52. The van der Waals surface area contributed by atoms with Crippen molar-refractivity contribution in [2.45, 2.75) is 193 Å². The Bertz CT molecular complexity index is 1490. The number of rotatable bonds is 37. The molecule has 2 fully saturated rings. The van der Waals surface area contributed by atoms with Gasteiger partial charge in [-0.25, -0.2) is 0 Å². The fourth-order valence-electron chi connectivity index (χ4n) is 7.37. The van der Waals surface area contributed by atoms with E-state index in [-0.39, 0.29) is 6.61 Å². The Morgan fingerprint density at radius 1 is 0.493 bits per heavy atom. The summed E-state index contributed by atoms with van der Waals surface area (Å²) < 4.78 is 43.2. The molecule has 24 atom stereocenters. The number of unbranched alkanes of at least 4 members (excludes halogenated alkanes) is 2. The van der Waals surface area contributed by atoms with E-state index in [4.69, 9.17) is 43.6 Å². The molecule has 2 rings (SSSR count). The quantitative estimate of drug-likeness (QED) is 0.0156. The molecule has 32 heteroatoms. The van der Waals surface area contributed by atoms with Crippen molar-refractivity contribution in [3.05, 3.63) is 11.5 Å². The molecule has 0 amide bonds. The highest BCUT2D eigenvalue weighted by atomic mass is 16.8. The van der Waals surface area contributed by atoms with Crippen molar-refractivity contribution in [1.82, 2.24) is 0 Å². The zero-order valence-corrected chi connectivity index (χ0v) is 39.6. The second-order valence-electron chi connectivity index (χ2n) is 17.2. The van der Waals surface area contributed by atoms with Gasteiger partial charge in [0.25, 0.3) is 0 Å². The number of nitrogens with two attached hydrogens (primary N) is 1. The third-order valence-electron chi connectivity index (χ3n) is 11.7. The Balaban J connectivity index is 2.60. The van der Waals surface area contributed by atoms with Crippen LogP contribution in [0.4, 0.5) is 0 Å². The molecule has 25 N–H and O–H groups in total. The molecule has 0 aromatic carbocycles. The van der Waals surface area contributed by atoms with Gasteiger partial charge in [-0.3, -0.25) is 0 Å². The first kappa shape index (κ1) is 67.3. The van der Waals surface area contributed by atoms with Crippen LogP contribution < -0.4 is 5.73 Å². The van der Waals surface area contributed by atoms with E-state index in [1.807, 2.05) is 0 Å². The first-order valence-electron chi connectivity index (χ1n) is 23.4. The summed E-state index contributed by atoms with van der Waals surface area (Å²) in [6.07, 6.45) is -55.9. The van der Waals surface area contributed by atoms with E-state index in [9.17, 15) is 117 Å². The number of hydrogen-bond donors (Lipinski definition) is 24. The van der Waals surface area contributed by atoms with Gasteiger partial charge in [0.1, 0.15) is 91.6 Å². The van der Waals surface area contributed by atoms with Crippen molar-refractivity contribution in [2.75, 3.05) is 52.8 Å². The second kappa shape index (κ2) is 34.1. The van der Waals surface area contributed by atoms with E-state index >= 15 is 0 Å². The largest absolute Gasteiger partial charge is 0.506 e. The molecule has 2 heterocycles. The summed E-state index contributed by atoms with van der Waals surface area (Å²) in [5.41, 5.74) is 5.49. The van der Waals surface area contributed by atoms with Crippen LogP contribution in [0.2, 0.25) is 0 Å². The van der Waals surface area contributed by atoms with Crippen LogP contribution in [0.5, 0.6) is 0 Å². The maximum absolute atomic E-state index is 11.5. The lowest BCUT2D eigenvalue weighted by molar-refractivity contribution is -0.368. The van der Waals surface area contributed by atoms with Crippen LogP contribution in [0.3, 0.4) is 0 Å². The van der Waals surface area contributed by atoms with Gasteiger partial charge in [-0.15, -0.1) is 0 Å². The molecule has 0 bridgehead atoms. The molecule has 2 saturated heterocycles. The minimum atomic E-state index is -2.94. The van der Waals surface area contributed by atoms with Crippen LogP contribution in [0, 0.1) is 0 Å². The SMILES string of the molecule is NCCCCCO[C@@H](O)C(O[C@H]1OC(CO)[C@@H](O)C(O)C1O[C@H](O)C(O)C(O[C@@H](O)C(O[C@@H](O)/C(O[C@@H]1OC(CO)[C@@H](O)C(O)C1O)=C(/O)[C@H](O)CCO)[C@@H](O)[C@H](O)CCO)[C@H](O)CCO)C(O)[C@H](O)CCO. The summed E-state index contributed by atoms with van der Waals surface area (Å²) in [4.78, 5) is 0. The van der Waals surface area contributed by atoms with Gasteiger partial charge < -0.3 is 161 Å². The summed E-state index contributed by atoms with van der Waals surface area (Å²) in [5.74, 6) is -2.80. The summed E-state index contributed by atoms with van der Waals surface area (Å²) in [7, 11) is 0. The van der Waals surface area contributed by atoms with Crippen LogP contribution >= 0.6 is 0 Å². The third kappa shape index (κ3) is 19.5. The summed E-state index contributed by atoms with van der Waals surface area (Å²) >= 11 is 0. The van der Waals surface area contributed by atoms with Crippen LogP contribution in [0.15, 0.2) is 11.5 Å². The van der Waals surface area contributed by atoms with Gasteiger partial charge in [-0.1, -0.05) is 0 Å². The number of aliphatic hydroxyl groups excluding tert-OH is 23. The molecule has 0 radical (unpaired) electrons. The zero-order valence-electron chi connectivity index (χ0n) is 39.6. The van der Waals surface area contributed by atoms with Crippen molar-refractivity contribution in [3.63, 3.8) is 0 Å². The summed E-state index contributed by atoms with van der Waals surface area (Å²) in [6, 6.07) is 0. The fourth-order valence-corrected chi connectivity index (χ4v) is 7.37. The third-order valence-corrected chi connectivity index (χ3v) is 11.7. The summed E-state index contributed by atoms with van der Waals surface area (Å²) in [6.45, 7) is -5.16. The van der Waals surface area contributed by atoms with Crippen molar-refractivity contribution >= 4 is 0 Å². The molecular weight excluding hydrogens is 1000 g/mol. The van der Waals surface area contributed by atoms with E-state index < -0.39 is 224 Å². The lowest BCUT2D eigenvalue weighted by Crippen LogP contribution is -2.63. The van der Waals surface area contributed by atoms with Crippen LogP contribution in [-0.4, -0.2) is 318 Å². The van der Waals surface area contributed by atoms with Gasteiger partial charge in [0.2, 0.25) is 12.6 Å². The molecule has 11 unspecified atom stereocenters. The Hall–Kier alpha value is -1.86. The van der Waals surface area contributed by atoms with Crippen molar-refractivity contribution in [1.29, 1.82) is 0 Å². The van der Waals surface area contributed by atoms with Crippen LogP contribution in [0.25, 0.3) is 0 Å². The lowest BCUT2D eigenvalue weighted by atomic mass is 9.98. The fraction of sp³-hybridized carbons (Fsp3) is 0.951. The normalized spacial score (nSPS) is 31.2. The Kier molecular flexibility index (Phi) is 31.4. The van der Waals surface area contributed by atoms with Gasteiger partial charge in [-0.2, -0.15) is 0 Å². The minimum absolute atomic E-state index is 0.170. The molecule has 0 spiro atoms. The topological polar surface area (TPSA) is 565 Å². The van der Waals surface area contributed by atoms with E-state index in [1.54, 1.807) is 0 Å². The average Bonchev–Trinajstić information content (AvgIpc) is 3.36.